The summed E-state index contributed by atoms with van der Waals surface area (Å²) in [5.41, 5.74) is 2.62. The number of furan rings is 1. The van der Waals surface area contributed by atoms with E-state index in [4.69, 9.17) is 76.0 Å². The van der Waals surface area contributed by atoms with Crippen molar-refractivity contribution >= 4 is 53.4 Å². The predicted octanol–water partition coefficient (Wildman–Crippen LogP) is 6.07. The fourth-order valence-corrected chi connectivity index (χ4v) is 9.71. The lowest BCUT2D eigenvalue weighted by atomic mass is 9.86. The molecule has 6 aromatic rings. The molecule has 0 aliphatic carbocycles. The summed E-state index contributed by atoms with van der Waals surface area (Å²) in [5, 5.41) is 0. The van der Waals surface area contributed by atoms with Gasteiger partial charge in [-0.1, -0.05) is 42.5 Å². The van der Waals surface area contributed by atoms with Gasteiger partial charge in [-0.05, 0) is 59.7 Å². The van der Waals surface area contributed by atoms with Gasteiger partial charge in [-0.3, -0.25) is 42.8 Å². The Kier molecular flexibility index (Phi) is 20.2. The van der Waals surface area contributed by atoms with Crippen LogP contribution in [0.5, 0.6) is 17.4 Å². The summed E-state index contributed by atoms with van der Waals surface area (Å²) in [5.74, 6) is -4.53. The molecule has 8 rings (SSSR count). The first-order chi connectivity index (χ1) is 40.6. The zero-order valence-electron chi connectivity index (χ0n) is 47.7. The molecular formula is C60H63N3O22. The van der Waals surface area contributed by atoms with E-state index in [1.54, 1.807) is 67.1 Å². The second-order valence-electron chi connectivity index (χ2n) is 19.8. The standard InChI is InChI=1S/C60H63N3O22/c1-33(64)72-26-24-60(85-40(8)71)32-76-58(54(80-38(6)69)55(60)81-39(7)70)82-45-22-18-43(19-23-45)49-29-63-56(47(61-49)27-41-13-10-9-11-14-41)62-48(28-46-15-12-25-73-46)57(63)75-30-42-16-20-44(21-17-42)83-59-53(79-37(5)68)52(78-36(4)67)51(77-35(3)66)50(84-59)31-74-34(2)65/h9-23,25,29,50-55,58-59H,24,26-28,30-32H2,1-8H3. The Morgan fingerprint density at radius 2 is 1.19 bits per heavy atom. The number of imidazole rings is 1. The van der Waals surface area contributed by atoms with Gasteiger partial charge in [0.15, 0.2) is 29.6 Å². The van der Waals surface area contributed by atoms with Crippen molar-refractivity contribution in [2.24, 2.45) is 0 Å². The van der Waals surface area contributed by atoms with Crippen LogP contribution in [0.3, 0.4) is 0 Å². The van der Waals surface area contributed by atoms with E-state index in [9.17, 15) is 38.4 Å². The number of esters is 8. The van der Waals surface area contributed by atoms with E-state index in [1.165, 1.54) is 13.8 Å². The van der Waals surface area contributed by atoms with E-state index < -0.39 is 116 Å². The smallest absolute Gasteiger partial charge is 0.303 e. The Labute approximate surface area is 486 Å². The van der Waals surface area contributed by atoms with Crippen molar-refractivity contribution in [2.75, 3.05) is 19.8 Å². The molecule has 0 saturated carbocycles. The molecule has 2 aliphatic heterocycles. The van der Waals surface area contributed by atoms with Crippen molar-refractivity contribution in [1.82, 2.24) is 14.4 Å². The predicted molar refractivity (Wildman–Crippen MR) is 290 cm³/mol. The van der Waals surface area contributed by atoms with Crippen LogP contribution in [-0.2, 0) is 105 Å². The van der Waals surface area contributed by atoms with Gasteiger partial charge in [0.05, 0.1) is 37.3 Å². The van der Waals surface area contributed by atoms with E-state index in [-0.39, 0.29) is 37.6 Å². The molecule has 0 N–H and O–H groups in total. The maximum Gasteiger partial charge on any atom is 0.303 e. The van der Waals surface area contributed by atoms with E-state index in [0.29, 0.717) is 51.9 Å². The maximum absolute atomic E-state index is 12.6. The van der Waals surface area contributed by atoms with Crippen LogP contribution in [-0.4, -0.2) is 137 Å². The summed E-state index contributed by atoms with van der Waals surface area (Å²) in [4.78, 5) is 109. The van der Waals surface area contributed by atoms with Gasteiger partial charge in [0.25, 0.3) is 0 Å². The highest BCUT2D eigenvalue weighted by Crippen LogP contribution is 2.38. The lowest BCUT2D eigenvalue weighted by molar-refractivity contribution is -0.291. The molecule has 3 aromatic carbocycles. The number of hydrogen-bond donors (Lipinski definition) is 0. The number of hydrogen-bond acceptors (Lipinski definition) is 24. The molecule has 0 amide bonds. The third-order valence-corrected chi connectivity index (χ3v) is 13.1. The zero-order valence-corrected chi connectivity index (χ0v) is 47.7. The Bertz CT molecular complexity index is 3350. The topological polar surface area (TPSA) is 300 Å². The molecular weight excluding hydrogens is 1110 g/mol. The van der Waals surface area contributed by atoms with Crippen molar-refractivity contribution in [3.63, 3.8) is 0 Å². The molecule has 9 unspecified atom stereocenters. The minimum Gasteiger partial charge on any atom is -0.472 e. The first-order valence-corrected chi connectivity index (χ1v) is 26.9. The molecule has 0 radical (unpaired) electrons. The van der Waals surface area contributed by atoms with Crippen LogP contribution in [0.25, 0.3) is 16.9 Å². The summed E-state index contributed by atoms with van der Waals surface area (Å²) >= 11 is 0. The summed E-state index contributed by atoms with van der Waals surface area (Å²) in [6.45, 7) is 8.08. The molecule has 0 spiro atoms. The van der Waals surface area contributed by atoms with Gasteiger partial charge in [0, 0.05) is 80.0 Å². The highest BCUT2D eigenvalue weighted by atomic mass is 16.7. The minimum atomic E-state index is -1.75. The van der Waals surface area contributed by atoms with Gasteiger partial charge in [0.1, 0.15) is 42.3 Å². The molecule has 25 nitrogen and oxygen atoms in total. The Morgan fingerprint density at radius 1 is 0.576 bits per heavy atom. The van der Waals surface area contributed by atoms with Gasteiger partial charge in [-0.15, -0.1) is 0 Å². The van der Waals surface area contributed by atoms with Crippen molar-refractivity contribution in [2.45, 2.75) is 136 Å². The first-order valence-electron chi connectivity index (χ1n) is 26.9. The average Bonchev–Trinajstić information content (AvgIpc) is 2.66. The maximum atomic E-state index is 12.6. The van der Waals surface area contributed by atoms with Gasteiger partial charge in [-0.25, -0.2) is 9.97 Å². The largest absolute Gasteiger partial charge is 0.472 e. The lowest BCUT2D eigenvalue weighted by Gasteiger charge is -2.47. The van der Waals surface area contributed by atoms with Crippen LogP contribution in [0.1, 0.15) is 90.1 Å². The molecule has 25 heteroatoms. The van der Waals surface area contributed by atoms with Gasteiger partial charge >= 0.3 is 47.8 Å². The number of carbonyl (C=O) groups excluding carboxylic acids is 8. The van der Waals surface area contributed by atoms with Crippen LogP contribution < -0.4 is 14.2 Å². The summed E-state index contributed by atoms with van der Waals surface area (Å²) in [7, 11) is 0. The van der Waals surface area contributed by atoms with E-state index in [1.807, 2.05) is 40.8 Å². The number of aromatic nitrogens is 3. The highest BCUT2D eigenvalue weighted by molar-refractivity contribution is 5.71. The summed E-state index contributed by atoms with van der Waals surface area (Å²) in [6.07, 6.45) is -7.50. The first kappa shape index (κ1) is 61.7. The zero-order chi connectivity index (χ0) is 61.0. The van der Waals surface area contributed by atoms with Crippen LogP contribution in [0.2, 0.25) is 0 Å². The van der Waals surface area contributed by atoms with Crippen LogP contribution in [0.15, 0.2) is 108 Å². The summed E-state index contributed by atoms with van der Waals surface area (Å²) < 4.78 is 83.1. The Morgan fingerprint density at radius 3 is 1.80 bits per heavy atom. The van der Waals surface area contributed by atoms with Gasteiger partial charge in [-0.2, -0.15) is 0 Å². The number of nitrogens with zero attached hydrogens (tertiary/aromatic N) is 3. The second-order valence-corrected chi connectivity index (χ2v) is 19.8. The van der Waals surface area contributed by atoms with E-state index >= 15 is 0 Å². The second kappa shape index (κ2) is 27.8. The molecule has 2 fully saturated rings. The van der Waals surface area contributed by atoms with Crippen LogP contribution in [0, 0.1) is 0 Å². The fourth-order valence-electron chi connectivity index (χ4n) is 9.71. The van der Waals surface area contributed by atoms with Gasteiger partial charge in [0.2, 0.25) is 30.7 Å². The van der Waals surface area contributed by atoms with E-state index in [0.717, 1.165) is 47.1 Å². The number of fused-ring (bicyclic) bond motifs is 1. The molecule has 0 bridgehead atoms. The normalized spacial score (nSPS) is 21.7. The highest BCUT2D eigenvalue weighted by Gasteiger charge is 2.58. The molecule has 450 valence electrons. The Balaban J connectivity index is 1.09. The molecule has 3 aromatic heterocycles. The monoisotopic (exact) mass is 1180 g/mol. The van der Waals surface area contributed by atoms with Gasteiger partial charge < -0.3 is 66.0 Å². The Hall–Kier alpha value is -9.36. The van der Waals surface area contributed by atoms with Crippen LogP contribution in [0.4, 0.5) is 0 Å². The van der Waals surface area contributed by atoms with Crippen molar-refractivity contribution in [3.05, 3.63) is 132 Å². The third-order valence-electron chi connectivity index (χ3n) is 13.1. The molecule has 2 saturated heterocycles. The fraction of sp³-hybridized carbons (Fsp3) is 0.400. The quantitative estimate of drug-likeness (QED) is 0.0519. The summed E-state index contributed by atoms with van der Waals surface area (Å²) in [6, 6.07) is 26.7. The van der Waals surface area contributed by atoms with Crippen LogP contribution >= 0.6 is 0 Å². The van der Waals surface area contributed by atoms with E-state index in [2.05, 4.69) is 0 Å². The van der Waals surface area contributed by atoms with Crippen molar-refractivity contribution < 1.29 is 104 Å². The SMILES string of the molecule is CC(=O)OCCC1(OC(C)=O)COC(Oc2ccc(-c3cn4c(OCc5ccc(OC6OC(COC(C)=O)C(OC(C)=O)C(OC(C)=O)C6OC(C)=O)cc5)c(Cc5ccco5)nc4c(Cc4ccccc4)n3)cc2)C(OC(C)=O)C1OC(C)=O. The minimum absolute atomic E-state index is 0.0000668. The molecule has 85 heavy (non-hydrogen) atoms. The van der Waals surface area contributed by atoms with Crippen molar-refractivity contribution in [3.8, 4) is 28.6 Å². The molecule has 5 heterocycles. The average molecular weight is 1180 g/mol. The molecule has 2 aliphatic rings. The number of benzene rings is 3. The number of rotatable bonds is 23. The third kappa shape index (κ3) is 16.3. The lowest BCUT2D eigenvalue weighted by Crippen LogP contribution is -2.66. The number of carbonyl (C=O) groups is 8. The molecule has 9 atom stereocenters. The number of ether oxygens (including phenoxy) is 13. The van der Waals surface area contributed by atoms with Crippen molar-refractivity contribution in [1.29, 1.82) is 0 Å².